The lowest BCUT2D eigenvalue weighted by Crippen LogP contribution is -2.56. The first-order chi connectivity index (χ1) is 14.6. The average molecular weight is 405 g/mol. The summed E-state index contributed by atoms with van der Waals surface area (Å²) in [6.45, 7) is 2.74. The summed E-state index contributed by atoms with van der Waals surface area (Å²) in [5.41, 5.74) is 1.78. The summed E-state index contributed by atoms with van der Waals surface area (Å²) < 4.78 is 14.9. The number of nitrogens with zero attached hydrogens (tertiary/aromatic N) is 4. The van der Waals surface area contributed by atoms with E-state index in [4.69, 9.17) is 4.98 Å². The molecule has 5 rings (SSSR count). The van der Waals surface area contributed by atoms with Crippen LogP contribution in [0.25, 0.3) is 11.4 Å². The minimum absolute atomic E-state index is 0.00903. The number of rotatable bonds is 3. The smallest absolute Gasteiger partial charge is 0.242 e. The molecule has 0 atom stereocenters. The lowest BCUT2D eigenvalue weighted by Gasteiger charge is -2.41. The Hall–Kier alpha value is -3.06. The first-order valence-corrected chi connectivity index (χ1v) is 10.4. The van der Waals surface area contributed by atoms with Gasteiger partial charge in [0.05, 0.1) is 0 Å². The van der Waals surface area contributed by atoms with Gasteiger partial charge in [-0.05, 0) is 30.5 Å². The molecule has 3 aromatic rings. The van der Waals surface area contributed by atoms with Gasteiger partial charge in [0.25, 0.3) is 0 Å². The second-order valence-corrected chi connectivity index (χ2v) is 8.28. The van der Waals surface area contributed by atoms with Gasteiger partial charge in [0.15, 0.2) is 5.82 Å². The van der Waals surface area contributed by atoms with Crippen LogP contribution in [0.1, 0.15) is 24.2 Å². The number of hydrogen-bond acceptors (Lipinski definition) is 4. The van der Waals surface area contributed by atoms with Crippen molar-refractivity contribution in [2.24, 2.45) is 0 Å². The van der Waals surface area contributed by atoms with Crippen molar-refractivity contribution in [1.82, 2.24) is 25.0 Å². The van der Waals surface area contributed by atoms with Crippen molar-refractivity contribution in [3.63, 3.8) is 0 Å². The van der Waals surface area contributed by atoms with E-state index in [1.807, 2.05) is 42.5 Å². The molecule has 6 nitrogen and oxygen atoms in total. The molecule has 0 unspecified atom stereocenters. The molecule has 0 aliphatic carbocycles. The third kappa shape index (κ3) is 3.85. The van der Waals surface area contributed by atoms with Gasteiger partial charge in [-0.25, -0.2) is 14.1 Å². The van der Waals surface area contributed by atoms with Crippen molar-refractivity contribution in [2.75, 3.05) is 13.1 Å². The van der Waals surface area contributed by atoms with Gasteiger partial charge in [0, 0.05) is 37.2 Å². The number of fused-ring (bicyclic) bond motifs is 1. The summed E-state index contributed by atoms with van der Waals surface area (Å²) in [6, 6.07) is 16.5. The van der Waals surface area contributed by atoms with E-state index in [1.165, 1.54) is 12.1 Å². The highest BCUT2D eigenvalue weighted by Gasteiger charge is 2.39. The molecule has 1 aromatic heterocycles. The van der Waals surface area contributed by atoms with Crippen molar-refractivity contribution in [3.8, 4) is 11.4 Å². The predicted molar refractivity (Wildman–Crippen MR) is 111 cm³/mol. The van der Waals surface area contributed by atoms with Crippen LogP contribution in [0.4, 0.5) is 4.39 Å². The van der Waals surface area contributed by atoms with Crippen LogP contribution in [-0.2, 0) is 24.3 Å². The van der Waals surface area contributed by atoms with E-state index < -0.39 is 0 Å². The molecule has 2 aliphatic heterocycles. The number of halogens is 1. The molecule has 1 fully saturated rings. The normalized spacial score (nSPS) is 18.6. The van der Waals surface area contributed by atoms with E-state index in [-0.39, 0.29) is 23.8 Å². The van der Waals surface area contributed by atoms with Gasteiger partial charge in [-0.1, -0.05) is 42.5 Å². The Morgan fingerprint density at radius 3 is 2.50 bits per heavy atom. The van der Waals surface area contributed by atoms with Gasteiger partial charge in [-0.15, -0.1) is 0 Å². The maximum absolute atomic E-state index is 13.1. The van der Waals surface area contributed by atoms with E-state index in [2.05, 4.69) is 15.3 Å². The van der Waals surface area contributed by atoms with E-state index in [9.17, 15) is 9.18 Å². The number of likely N-dealkylation sites (tertiary alicyclic amines) is 1. The highest BCUT2D eigenvalue weighted by Crippen LogP contribution is 2.29. The maximum Gasteiger partial charge on any atom is 0.242 e. The zero-order valence-electron chi connectivity index (χ0n) is 16.7. The molecule has 1 spiro atoms. The Balaban J connectivity index is 1.31. The number of carbonyl (C=O) groups is 1. The Labute approximate surface area is 174 Å². The SMILES string of the molecule is O=C1Cn2nc(-c3ccccc3)nc2CC2(CCN(Cc3ccc(F)cc3)CC2)N1. The van der Waals surface area contributed by atoms with E-state index >= 15 is 0 Å². The Kier molecular flexibility index (Phi) is 4.83. The van der Waals surface area contributed by atoms with Crippen LogP contribution in [0.15, 0.2) is 54.6 Å². The van der Waals surface area contributed by atoms with Crippen LogP contribution < -0.4 is 5.32 Å². The molecule has 7 heteroatoms. The third-order valence-electron chi connectivity index (χ3n) is 6.11. The first kappa shape index (κ1) is 18.9. The van der Waals surface area contributed by atoms with Crippen molar-refractivity contribution in [2.45, 2.75) is 37.9 Å². The molecule has 1 saturated heterocycles. The van der Waals surface area contributed by atoms with Gasteiger partial charge in [-0.3, -0.25) is 9.69 Å². The van der Waals surface area contributed by atoms with Crippen molar-refractivity contribution >= 4 is 5.91 Å². The molecule has 0 radical (unpaired) electrons. The third-order valence-corrected chi connectivity index (χ3v) is 6.11. The highest BCUT2D eigenvalue weighted by atomic mass is 19.1. The summed E-state index contributed by atoms with van der Waals surface area (Å²) >= 11 is 0. The van der Waals surface area contributed by atoms with Crippen LogP contribution >= 0.6 is 0 Å². The number of amides is 1. The van der Waals surface area contributed by atoms with Gasteiger partial charge >= 0.3 is 0 Å². The summed E-state index contributed by atoms with van der Waals surface area (Å²) in [5.74, 6) is 1.31. The molecule has 3 heterocycles. The molecule has 0 bridgehead atoms. The number of carbonyl (C=O) groups excluding carboxylic acids is 1. The van der Waals surface area contributed by atoms with E-state index in [1.54, 1.807) is 4.68 Å². The second-order valence-electron chi connectivity index (χ2n) is 8.28. The summed E-state index contributed by atoms with van der Waals surface area (Å²) in [4.78, 5) is 19.7. The molecule has 0 saturated carbocycles. The molecule has 154 valence electrons. The Morgan fingerprint density at radius 1 is 1.03 bits per heavy atom. The first-order valence-electron chi connectivity index (χ1n) is 10.4. The summed E-state index contributed by atoms with van der Waals surface area (Å²) in [5, 5.41) is 7.85. The van der Waals surface area contributed by atoms with Gasteiger partial charge in [0.2, 0.25) is 5.91 Å². The fourth-order valence-corrected chi connectivity index (χ4v) is 4.45. The fourth-order valence-electron chi connectivity index (χ4n) is 4.45. The Bertz CT molecular complexity index is 1040. The minimum Gasteiger partial charge on any atom is -0.349 e. The molecule has 1 amide bonds. The zero-order valence-corrected chi connectivity index (χ0v) is 16.7. The van der Waals surface area contributed by atoms with Gasteiger partial charge in [0.1, 0.15) is 18.2 Å². The van der Waals surface area contributed by atoms with Crippen molar-refractivity contribution < 1.29 is 9.18 Å². The minimum atomic E-state index is -0.286. The van der Waals surface area contributed by atoms with Crippen LogP contribution in [0.2, 0.25) is 0 Å². The summed E-state index contributed by atoms with van der Waals surface area (Å²) in [7, 11) is 0. The lowest BCUT2D eigenvalue weighted by atomic mass is 9.84. The molecule has 1 N–H and O–H groups in total. The molecular formula is C23H24FN5O. The van der Waals surface area contributed by atoms with Crippen LogP contribution in [-0.4, -0.2) is 44.2 Å². The largest absolute Gasteiger partial charge is 0.349 e. The lowest BCUT2D eigenvalue weighted by molar-refractivity contribution is -0.123. The van der Waals surface area contributed by atoms with E-state index in [0.717, 1.165) is 49.4 Å². The molecule has 2 aliphatic rings. The highest BCUT2D eigenvalue weighted by molar-refractivity contribution is 5.77. The number of benzene rings is 2. The predicted octanol–water partition coefficient (Wildman–Crippen LogP) is 2.79. The van der Waals surface area contributed by atoms with Crippen LogP contribution in [0.5, 0.6) is 0 Å². The average Bonchev–Trinajstić information content (AvgIpc) is 3.08. The van der Waals surface area contributed by atoms with Crippen LogP contribution in [0, 0.1) is 5.82 Å². The number of hydrogen-bond donors (Lipinski definition) is 1. The van der Waals surface area contributed by atoms with Gasteiger partial charge < -0.3 is 5.32 Å². The van der Waals surface area contributed by atoms with Crippen molar-refractivity contribution in [3.05, 3.63) is 71.8 Å². The monoisotopic (exact) mass is 405 g/mol. The number of nitrogens with one attached hydrogen (secondary N) is 1. The maximum atomic E-state index is 13.1. The topological polar surface area (TPSA) is 63.1 Å². The van der Waals surface area contributed by atoms with Crippen molar-refractivity contribution in [1.29, 1.82) is 0 Å². The molecule has 30 heavy (non-hydrogen) atoms. The summed E-state index contributed by atoms with van der Waals surface area (Å²) in [6.07, 6.45) is 2.39. The molecular weight excluding hydrogens is 381 g/mol. The fraction of sp³-hybridized carbons (Fsp3) is 0.348. The number of piperidine rings is 1. The quantitative estimate of drug-likeness (QED) is 0.728. The van der Waals surface area contributed by atoms with Crippen LogP contribution in [0.3, 0.4) is 0 Å². The zero-order chi connectivity index (χ0) is 20.6. The Morgan fingerprint density at radius 2 is 1.77 bits per heavy atom. The molecule has 2 aromatic carbocycles. The van der Waals surface area contributed by atoms with E-state index in [0.29, 0.717) is 12.2 Å². The standard InChI is InChI=1S/C23H24FN5O/c24-19-8-6-17(7-9-19)15-28-12-10-23(11-13-28)14-20-25-22(18-4-2-1-3-5-18)27-29(20)16-21(30)26-23/h1-9H,10-16H2,(H,26,30). The second kappa shape index (κ2) is 7.65. The number of aromatic nitrogens is 3. The van der Waals surface area contributed by atoms with Gasteiger partial charge in [-0.2, -0.15) is 5.10 Å².